The molecule has 0 aromatic heterocycles. The van der Waals surface area contributed by atoms with E-state index >= 15 is 0 Å². The summed E-state index contributed by atoms with van der Waals surface area (Å²) in [5, 5.41) is 2.35. The van der Waals surface area contributed by atoms with Crippen LogP contribution in [0.25, 0.3) is 0 Å². The number of nitrogens with one attached hydrogen (secondary N) is 1. The molecule has 0 radical (unpaired) electrons. The highest BCUT2D eigenvalue weighted by Gasteiger charge is 2.35. The van der Waals surface area contributed by atoms with E-state index in [0.29, 0.717) is 0 Å². The van der Waals surface area contributed by atoms with Crippen molar-refractivity contribution in [3.63, 3.8) is 0 Å². The highest BCUT2D eigenvalue weighted by atomic mass is 19.4. The Balaban J connectivity index is 2.00. The molecule has 0 fully saturated rings. The number of methoxy groups -OCH3 is 1. The molecule has 0 bridgehead atoms. The first-order valence-electron chi connectivity index (χ1n) is 8.47. The van der Waals surface area contributed by atoms with Crippen LogP contribution in [-0.4, -0.2) is 37.6 Å². The number of carbonyl (C=O) groups excluding carboxylic acids is 3. The van der Waals surface area contributed by atoms with E-state index in [2.05, 4.69) is 14.8 Å². The van der Waals surface area contributed by atoms with Gasteiger partial charge in [0, 0.05) is 6.42 Å². The monoisotopic (exact) mass is 409 g/mol. The van der Waals surface area contributed by atoms with Crippen molar-refractivity contribution in [2.45, 2.75) is 18.6 Å². The normalized spacial score (nSPS) is 12.0. The summed E-state index contributed by atoms with van der Waals surface area (Å²) in [4.78, 5) is 35.9. The predicted molar refractivity (Wildman–Crippen MR) is 95.8 cm³/mol. The van der Waals surface area contributed by atoms with E-state index in [9.17, 15) is 27.6 Å². The number of ether oxygens (including phenoxy) is 2. The lowest BCUT2D eigenvalue weighted by atomic mass is 10.1. The summed E-state index contributed by atoms with van der Waals surface area (Å²) in [7, 11) is 1.15. The van der Waals surface area contributed by atoms with Gasteiger partial charge < -0.3 is 14.8 Å². The lowest BCUT2D eigenvalue weighted by molar-refractivity contribution is -0.145. The average molecular weight is 409 g/mol. The maximum absolute atomic E-state index is 13.0. The molecule has 0 saturated carbocycles. The van der Waals surface area contributed by atoms with Crippen molar-refractivity contribution < 1.29 is 37.0 Å². The van der Waals surface area contributed by atoms with E-state index in [-0.39, 0.29) is 6.42 Å². The van der Waals surface area contributed by atoms with Gasteiger partial charge in [0.25, 0.3) is 5.91 Å². The molecule has 0 aliphatic heterocycles. The Bertz CT molecular complexity index is 868. The SMILES string of the molecule is COC(=O)[C@H](Cc1ccccc1)NC(=O)COC(=O)c1ccccc1C(F)(F)F. The van der Waals surface area contributed by atoms with Gasteiger partial charge in [-0.2, -0.15) is 13.2 Å². The molecule has 0 spiro atoms. The lowest BCUT2D eigenvalue weighted by Gasteiger charge is -2.17. The Kier molecular flexibility index (Phi) is 7.35. The highest BCUT2D eigenvalue weighted by Crippen LogP contribution is 2.32. The molecule has 1 amide bonds. The summed E-state index contributed by atoms with van der Waals surface area (Å²) < 4.78 is 48.3. The number of rotatable bonds is 7. The Morgan fingerprint density at radius 2 is 1.62 bits per heavy atom. The van der Waals surface area contributed by atoms with Crippen LogP contribution in [0.1, 0.15) is 21.5 Å². The maximum atomic E-state index is 13.0. The van der Waals surface area contributed by atoms with E-state index < -0.39 is 47.8 Å². The van der Waals surface area contributed by atoms with Crippen molar-refractivity contribution in [3.8, 4) is 0 Å². The Hall–Kier alpha value is -3.36. The maximum Gasteiger partial charge on any atom is 0.417 e. The third-order valence-corrected chi connectivity index (χ3v) is 3.89. The number of carbonyl (C=O) groups is 3. The largest absolute Gasteiger partial charge is 0.467 e. The smallest absolute Gasteiger partial charge is 0.417 e. The van der Waals surface area contributed by atoms with E-state index in [1.807, 2.05) is 0 Å². The summed E-state index contributed by atoms with van der Waals surface area (Å²) in [5.74, 6) is -2.86. The van der Waals surface area contributed by atoms with Crippen LogP contribution in [0.5, 0.6) is 0 Å². The summed E-state index contributed by atoms with van der Waals surface area (Å²) in [6.45, 7) is -0.854. The topological polar surface area (TPSA) is 81.7 Å². The van der Waals surface area contributed by atoms with Gasteiger partial charge in [-0.3, -0.25) is 4.79 Å². The van der Waals surface area contributed by atoms with Crippen LogP contribution >= 0.6 is 0 Å². The molecule has 0 unspecified atom stereocenters. The van der Waals surface area contributed by atoms with Crippen molar-refractivity contribution in [1.29, 1.82) is 0 Å². The summed E-state index contributed by atoms with van der Waals surface area (Å²) >= 11 is 0. The van der Waals surface area contributed by atoms with E-state index in [4.69, 9.17) is 0 Å². The molecule has 2 rings (SSSR count). The zero-order chi connectivity index (χ0) is 21.4. The molecule has 0 saturated heterocycles. The highest BCUT2D eigenvalue weighted by molar-refractivity contribution is 5.93. The van der Waals surface area contributed by atoms with Crippen molar-refractivity contribution in [3.05, 3.63) is 71.3 Å². The number of alkyl halides is 3. The van der Waals surface area contributed by atoms with Gasteiger partial charge in [-0.25, -0.2) is 9.59 Å². The number of benzene rings is 2. The Morgan fingerprint density at radius 3 is 2.24 bits per heavy atom. The standard InChI is InChI=1S/C20H18F3NO5/c1-28-19(27)16(11-13-7-3-2-4-8-13)24-17(25)12-29-18(26)14-9-5-6-10-15(14)20(21,22)23/h2-10,16H,11-12H2,1H3,(H,24,25)/t16-/m0/s1. The fourth-order valence-electron chi connectivity index (χ4n) is 2.54. The van der Waals surface area contributed by atoms with Crippen LogP contribution in [0.4, 0.5) is 13.2 Å². The fraction of sp³-hybridized carbons (Fsp3) is 0.250. The second-order valence-corrected chi connectivity index (χ2v) is 5.95. The molecule has 154 valence electrons. The van der Waals surface area contributed by atoms with Crippen molar-refractivity contribution >= 4 is 17.8 Å². The van der Waals surface area contributed by atoms with Gasteiger partial charge in [0.05, 0.1) is 18.2 Å². The van der Waals surface area contributed by atoms with Crippen LogP contribution in [0.2, 0.25) is 0 Å². The van der Waals surface area contributed by atoms with Gasteiger partial charge in [-0.15, -0.1) is 0 Å². The first-order valence-corrected chi connectivity index (χ1v) is 8.47. The number of amides is 1. The van der Waals surface area contributed by atoms with Crippen LogP contribution in [0.3, 0.4) is 0 Å². The average Bonchev–Trinajstić information content (AvgIpc) is 2.71. The van der Waals surface area contributed by atoms with Gasteiger partial charge >= 0.3 is 18.1 Å². The minimum atomic E-state index is -4.75. The summed E-state index contributed by atoms with van der Waals surface area (Å²) in [6.07, 6.45) is -4.62. The molecular weight excluding hydrogens is 391 g/mol. The minimum Gasteiger partial charge on any atom is -0.467 e. The molecule has 9 heteroatoms. The minimum absolute atomic E-state index is 0.129. The van der Waals surface area contributed by atoms with Gasteiger partial charge in [0.1, 0.15) is 6.04 Å². The number of hydrogen-bond acceptors (Lipinski definition) is 5. The molecular formula is C20H18F3NO5. The number of halogens is 3. The fourth-order valence-corrected chi connectivity index (χ4v) is 2.54. The van der Waals surface area contributed by atoms with E-state index in [1.54, 1.807) is 30.3 Å². The zero-order valence-corrected chi connectivity index (χ0v) is 15.4. The van der Waals surface area contributed by atoms with Crippen LogP contribution < -0.4 is 5.32 Å². The quantitative estimate of drug-likeness (QED) is 0.712. The zero-order valence-electron chi connectivity index (χ0n) is 15.4. The summed E-state index contributed by atoms with van der Waals surface area (Å²) in [6, 6.07) is 11.8. The van der Waals surface area contributed by atoms with Gasteiger partial charge in [0.15, 0.2) is 6.61 Å². The molecule has 1 N–H and O–H groups in total. The first-order chi connectivity index (χ1) is 13.7. The summed E-state index contributed by atoms with van der Waals surface area (Å²) in [5.41, 5.74) is -1.12. The van der Waals surface area contributed by atoms with Gasteiger partial charge in [0.2, 0.25) is 0 Å². The van der Waals surface area contributed by atoms with Crippen LogP contribution in [0, 0.1) is 0 Å². The van der Waals surface area contributed by atoms with Crippen molar-refractivity contribution in [1.82, 2.24) is 5.32 Å². The van der Waals surface area contributed by atoms with Gasteiger partial charge in [-0.05, 0) is 17.7 Å². The Morgan fingerprint density at radius 1 is 1.00 bits per heavy atom. The molecule has 0 aliphatic carbocycles. The van der Waals surface area contributed by atoms with E-state index in [1.165, 1.54) is 6.07 Å². The molecule has 29 heavy (non-hydrogen) atoms. The lowest BCUT2D eigenvalue weighted by Crippen LogP contribution is -2.44. The molecule has 0 aliphatic rings. The molecule has 2 aromatic rings. The number of esters is 2. The van der Waals surface area contributed by atoms with Gasteiger partial charge in [-0.1, -0.05) is 42.5 Å². The van der Waals surface area contributed by atoms with Crippen molar-refractivity contribution in [2.75, 3.05) is 13.7 Å². The molecule has 1 atom stereocenters. The Labute approximate surface area is 164 Å². The molecule has 0 heterocycles. The first kappa shape index (κ1) is 21.9. The van der Waals surface area contributed by atoms with Crippen molar-refractivity contribution in [2.24, 2.45) is 0 Å². The number of hydrogen-bond donors (Lipinski definition) is 1. The third-order valence-electron chi connectivity index (χ3n) is 3.89. The van der Waals surface area contributed by atoms with Crippen LogP contribution in [0.15, 0.2) is 54.6 Å². The van der Waals surface area contributed by atoms with E-state index in [0.717, 1.165) is 30.9 Å². The second kappa shape index (κ2) is 9.72. The molecule has 6 nitrogen and oxygen atoms in total. The second-order valence-electron chi connectivity index (χ2n) is 5.95. The third kappa shape index (κ3) is 6.34. The molecule has 2 aromatic carbocycles. The predicted octanol–water partition coefficient (Wildman–Crippen LogP) is 2.76. The van der Waals surface area contributed by atoms with Crippen LogP contribution in [-0.2, 0) is 31.7 Å².